The highest BCUT2D eigenvalue weighted by atomic mass is 19.1. The zero-order valence-electron chi connectivity index (χ0n) is 14.4. The third-order valence-electron chi connectivity index (χ3n) is 4.65. The second-order valence-corrected chi connectivity index (χ2v) is 6.17. The minimum Gasteiger partial charge on any atom is -0.493 e. The Labute approximate surface area is 146 Å². The third kappa shape index (κ3) is 3.57. The first-order chi connectivity index (χ1) is 12.1. The summed E-state index contributed by atoms with van der Waals surface area (Å²) in [6.07, 6.45) is 3.55. The number of likely N-dealkylation sites (tertiary alicyclic amines) is 1. The minimum absolute atomic E-state index is 0.000455. The molecular formula is C19H22FN3O2. The highest BCUT2D eigenvalue weighted by molar-refractivity contribution is 5.97. The molecule has 132 valence electrons. The molecule has 1 fully saturated rings. The Kier molecular flexibility index (Phi) is 5.16. The number of halogens is 1. The van der Waals surface area contributed by atoms with Crippen LogP contribution in [0.5, 0.6) is 5.75 Å². The molecule has 0 aliphatic carbocycles. The van der Waals surface area contributed by atoms with E-state index >= 15 is 0 Å². The summed E-state index contributed by atoms with van der Waals surface area (Å²) < 4.78 is 19.0. The van der Waals surface area contributed by atoms with E-state index in [0.29, 0.717) is 6.54 Å². The van der Waals surface area contributed by atoms with Crippen molar-refractivity contribution in [2.24, 2.45) is 0 Å². The van der Waals surface area contributed by atoms with Crippen molar-refractivity contribution in [1.82, 2.24) is 9.88 Å². The lowest BCUT2D eigenvalue weighted by molar-refractivity contribution is 0.0612. The number of nitrogens with one attached hydrogen (secondary N) is 1. The molecule has 5 nitrogen and oxygen atoms in total. The van der Waals surface area contributed by atoms with E-state index < -0.39 is 5.82 Å². The lowest BCUT2D eigenvalue weighted by Gasteiger charge is -2.40. The van der Waals surface area contributed by atoms with Gasteiger partial charge in [-0.1, -0.05) is 12.1 Å². The molecular weight excluding hydrogens is 321 g/mol. The van der Waals surface area contributed by atoms with Gasteiger partial charge in [-0.2, -0.15) is 0 Å². The highest BCUT2D eigenvalue weighted by Crippen LogP contribution is 2.27. The van der Waals surface area contributed by atoms with Crippen molar-refractivity contribution in [3.63, 3.8) is 0 Å². The number of rotatable bonds is 4. The maximum Gasteiger partial charge on any atom is 0.258 e. The number of carbonyl (C=O) groups excluding carboxylic acids is 1. The van der Waals surface area contributed by atoms with Crippen molar-refractivity contribution < 1.29 is 13.9 Å². The molecule has 0 radical (unpaired) electrons. The highest BCUT2D eigenvalue weighted by Gasteiger charge is 2.33. The summed E-state index contributed by atoms with van der Waals surface area (Å²) in [4.78, 5) is 19.0. The van der Waals surface area contributed by atoms with Gasteiger partial charge in [0.1, 0.15) is 5.82 Å². The number of aromatic nitrogens is 1. The van der Waals surface area contributed by atoms with Gasteiger partial charge < -0.3 is 15.0 Å². The van der Waals surface area contributed by atoms with Crippen molar-refractivity contribution >= 4 is 11.7 Å². The van der Waals surface area contributed by atoms with Gasteiger partial charge >= 0.3 is 0 Å². The van der Waals surface area contributed by atoms with Crippen LogP contribution in [0.4, 0.5) is 10.2 Å². The lowest BCUT2D eigenvalue weighted by atomic mass is 9.96. The Bertz CT molecular complexity index is 739. The van der Waals surface area contributed by atoms with Gasteiger partial charge in [-0.15, -0.1) is 0 Å². The fraction of sp³-hybridized carbons (Fsp3) is 0.368. The van der Waals surface area contributed by atoms with Crippen LogP contribution in [0.3, 0.4) is 0 Å². The van der Waals surface area contributed by atoms with Crippen LogP contribution in [0.1, 0.15) is 30.1 Å². The Morgan fingerprint density at radius 1 is 1.32 bits per heavy atom. The van der Waals surface area contributed by atoms with Crippen LogP contribution in [-0.2, 0) is 0 Å². The van der Waals surface area contributed by atoms with Crippen LogP contribution in [0.2, 0.25) is 0 Å². The summed E-state index contributed by atoms with van der Waals surface area (Å²) in [7, 11) is 1.38. The number of methoxy groups -OCH3 is 1. The van der Waals surface area contributed by atoms with E-state index in [2.05, 4.69) is 10.3 Å². The van der Waals surface area contributed by atoms with E-state index in [9.17, 15) is 9.18 Å². The van der Waals surface area contributed by atoms with Crippen LogP contribution < -0.4 is 10.1 Å². The molecule has 2 atom stereocenters. The molecule has 1 saturated heterocycles. The number of anilines is 1. The number of nitrogens with zero attached hydrogens (tertiary/aromatic N) is 2. The SMILES string of the molecule is COc1c(F)cccc1C(=O)N1CCC[C@@H](Nc2ccccn2)[C@@H]1C. The molecule has 1 amide bonds. The van der Waals surface area contributed by atoms with Crippen molar-refractivity contribution in [2.45, 2.75) is 31.8 Å². The summed E-state index contributed by atoms with van der Waals surface area (Å²) in [6, 6.07) is 10.2. The predicted molar refractivity (Wildman–Crippen MR) is 94.3 cm³/mol. The van der Waals surface area contributed by atoms with Gasteiger partial charge in [0.2, 0.25) is 0 Å². The summed E-state index contributed by atoms with van der Waals surface area (Å²) in [6.45, 7) is 2.64. The van der Waals surface area contributed by atoms with E-state index in [1.807, 2.05) is 25.1 Å². The van der Waals surface area contributed by atoms with E-state index in [-0.39, 0.29) is 29.3 Å². The maximum absolute atomic E-state index is 13.9. The molecule has 1 aromatic carbocycles. The quantitative estimate of drug-likeness (QED) is 0.925. The van der Waals surface area contributed by atoms with Gasteiger partial charge in [0, 0.05) is 24.8 Å². The summed E-state index contributed by atoms with van der Waals surface area (Å²) >= 11 is 0. The number of amides is 1. The second-order valence-electron chi connectivity index (χ2n) is 6.17. The van der Waals surface area contributed by atoms with Crippen LogP contribution >= 0.6 is 0 Å². The zero-order valence-corrected chi connectivity index (χ0v) is 14.4. The Morgan fingerprint density at radius 3 is 2.88 bits per heavy atom. The van der Waals surface area contributed by atoms with Gasteiger partial charge in [-0.3, -0.25) is 4.79 Å². The van der Waals surface area contributed by atoms with Crippen molar-refractivity contribution in [2.75, 3.05) is 19.0 Å². The van der Waals surface area contributed by atoms with Crippen LogP contribution in [-0.4, -0.2) is 41.5 Å². The monoisotopic (exact) mass is 343 g/mol. The Morgan fingerprint density at radius 2 is 2.16 bits per heavy atom. The number of ether oxygens (including phenoxy) is 1. The average molecular weight is 343 g/mol. The molecule has 2 aromatic rings. The molecule has 1 aliphatic heterocycles. The molecule has 0 unspecified atom stereocenters. The van der Waals surface area contributed by atoms with Gasteiger partial charge in [0.05, 0.1) is 12.7 Å². The number of hydrogen-bond acceptors (Lipinski definition) is 4. The largest absolute Gasteiger partial charge is 0.493 e. The standard InChI is InChI=1S/C19H22FN3O2/c1-13-16(22-17-10-3-4-11-21-17)9-6-12-23(13)19(24)14-7-5-8-15(20)18(14)25-2/h3-5,7-8,10-11,13,16H,6,9,12H2,1-2H3,(H,21,22)/t13-,16+/m0/s1. The van der Waals surface area contributed by atoms with E-state index in [0.717, 1.165) is 18.7 Å². The number of hydrogen-bond donors (Lipinski definition) is 1. The molecule has 25 heavy (non-hydrogen) atoms. The minimum atomic E-state index is -0.527. The fourth-order valence-corrected chi connectivity index (χ4v) is 3.30. The van der Waals surface area contributed by atoms with Crippen LogP contribution in [0, 0.1) is 5.82 Å². The zero-order chi connectivity index (χ0) is 17.8. The Balaban J connectivity index is 1.80. The normalized spacial score (nSPS) is 20.2. The van der Waals surface area contributed by atoms with Gasteiger partial charge in [-0.25, -0.2) is 9.37 Å². The summed E-state index contributed by atoms with van der Waals surface area (Å²) in [5.74, 6) is 0.0500. The van der Waals surface area contributed by atoms with Crippen LogP contribution in [0.25, 0.3) is 0 Å². The predicted octanol–water partition coefficient (Wildman–Crippen LogP) is 3.33. The van der Waals surface area contributed by atoms with Crippen LogP contribution in [0.15, 0.2) is 42.6 Å². The molecule has 1 aliphatic rings. The smallest absolute Gasteiger partial charge is 0.258 e. The van der Waals surface area contributed by atoms with Crippen molar-refractivity contribution in [1.29, 1.82) is 0 Å². The lowest BCUT2D eigenvalue weighted by Crippen LogP contribution is -2.52. The molecule has 6 heteroatoms. The number of benzene rings is 1. The third-order valence-corrected chi connectivity index (χ3v) is 4.65. The molecule has 2 heterocycles. The maximum atomic E-state index is 13.9. The first kappa shape index (κ1) is 17.2. The molecule has 0 bridgehead atoms. The topological polar surface area (TPSA) is 54.5 Å². The number of pyridine rings is 1. The molecule has 0 spiro atoms. The molecule has 1 N–H and O–H groups in total. The first-order valence-corrected chi connectivity index (χ1v) is 8.43. The van der Waals surface area contributed by atoms with Gasteiger partial charge in [0.25, 0.3) is 5.91 Å². The second kappa shape index (κ2) is 7.51. The van der Waals surface area contributed by atoms with E-state index in [1.165, 1.54) is 19.2 Å². The van der Waals surface area contributed by atoms with Crippen molar-refractivity contribution in [3.05, 3.63) is 54.0 Å². The number of para-hydroxylation sites is 1. The van der Waals surface area contributed by atoms with Gasteiger partial charge in [-0.05, 0) is 44.0 Å². The van der Waals surface area contributed by atoms with E-state index in [1.54, 1.807) is 17.2 Å². The average Bonchev–Trinajstić information content (AvgIpc) is 2.63. The first-order valence-electron chi connectivity index (χ1n) is 8.43. The molecule has 0 saturated carbocycles. The number of carbonyl (C=O) groups is 1. The van der Waals surface area contributed by atoms with Crippen molar-refractivity contribution in [3.8, 4) is 5.75 Å². The fourth-order valence-electron chi connectivity index (χ4n) is 3.30. The number of piperidine rings is 1. The van der Waals surface area contributed by atoms with Gasteiger partial charge in [0.15, 0.2) is 11.6 Å². The summed E-state index contributed by atoms with van der Waals surface area (Å²) in [5.41, 5.74) is 0.257. The van der Waals surface area contributed by atoms with E-state index in [4.69, 9.17) is 4.74 Å². The molecule has 1 aromatic heterocycles. The Hall–Kier alpha value is -2.63. The summed E-state index contributed by atoms with van der Waals surface area (Å²) in [5, 5.41) is 3.40. The molecule has 3 rings (SSSR count).